The van der Waals surface area contributed by atoms with E-state index in [1.807, 2.05) is 25.2 Å². The molecule has 1 aliphatic heterocycles. The molecule has 130 valence electrons. The maximum Gasteiger partial charge on any atom is 0.193 e. The molecule has 0 saturated carbocycles. The molecular formula is C18H25IN4S. The van der Waals surface area contributed by atoms with E-state index in [0.29, 0.717) is 0 Å². The van der Waals surface area contributed by atoms with Crippen molar-refractivity contribution >= 4 is 41.3 Å². The van der Waals surface area contributed by atoms with Crippen LogP contribution >= 0.6 is 35.3 Å². The molecule has 3 rings (SSSR count). The average molecular weight is 456 g/mol. The molecule has 24 heavy (non-hydrogen) atoms. The van der Waals surface area contributed by atoms with E-state index in [-0.39, 0.29) is 24.0 Å². The van der Waals surface area contributed by atoms with Crippen molar-refractivity contribution in [3.05, 3.63) is 41.4 Å². The summed E-state index contributed by atoms with van der Waals surface area (Å²) in [6, 6.07) is 10.3. The molecule has 1 aromatic heterocycles. The van der Waals surface area contributed by atoms with Crippen molar-refractivity contribution < 1.29 is 0 Å². The molecule has 4 nitrogen and oxygen atoms in total. The molecular weight excluding hydrogens is 431 g/mol. The zero-order chi connectivity index (χ0) is 16.1. The summed E-state index contributed by atoms with van der Waals surface area (Å²) in [7, 11) is 1.86. The number of benzene rings is 1. The quantitative estimate of drug-likeness (QED) is 0.427. The first-order valence-corrected chi connectivity index (χ1v) is 9.09. The van der Waals surface area contributed by atoms with Crippen molar-refractivity contribution in [3.63, 3.8) is 0 Å². The van der Waals surface area contributed by atoms with Gasteiger partial charge >= 0.3 is 0 Å². The van der Waals surface area contributed by atoms with E-state index in [4.69, 9.17) is 4.98 Å². The number of likely N-dealkylation sites (tertiary alicyclic amines) is 1. The van der Waals surface area contributed by atoms with E-state index in [1.165, 1.54) is 18.4 Å². The van der Waals surface area contributed by atoms with Gasteiger partial charge in [-0.3, -0.25) is 4.99 Å². The van der Waals surface area contributed by atoms with Gasteiger partial charge in [0.25, 0.3) is 0 Å². The minimum absolute atomic E-state index is 0. The third-order valence-corrected chi connectivity index (χ3v) is 5.11. The molecule has 2 aromatic rings. The lowest BCUT2D eigenvalue weighted by molar-refractivity contribution is 0.266. The largest absolute Gasteiger partial charge is 0.351 e. The Kier molecular flexibility index (Phi) is 7.48. The van der Waals surface area contributed by atoms with Crippen LogP contribution in [0.2, 0.25) is 0 Å². The van der Waals surface area contributed by atoms with Crippen molar-refractivity contribution in [1.29, 1.82) is 0 Å². The Morgan fingerprint density at radius 3 is 2.88 bits per heavy atom. The fourth-order valence-corrected chi connectivity index (χ4v) is 3.81. The second kappa shape index (κ2) is 9.36. The third-order valence-electron chi connectivity index (χ3n) is 4.17. The molecule has 0 aliphatic carbocycles. The van der Waals surface area contributed by atoms with E-state index in [2.05, 4.69) is 39.6 Å². The zero-order valence-electron chi connectivity index (χ0n) is 14.2. The minimum atomic E-state index is 0. The Labute approximate surface area is 165 Å². The van der Waals surface area contributed by atoms with Crippen LogP contribution in [-0.2, 0) is 6.54 Å². The molecule has 1 fully saturated rings. The molecule has 0 radical (unpaired) electrons. The number of guanidine groups is 1. The van der Waals surface area contributed by atoms with Gasteiger partial charge in [0.2, 0.25) is 0 Å². The van der Waals surface area contributed by atoms with Crippen LogP contribution in [-0.4, -0.2) is 36.0 Å². The number of thiazole rings is 1. The number of nitrogens with one attached hydrogen (secondary N) is 1. The summed E-state index contributed by atoms with van der Waals surface area (Å²) in [6.07, 6.45) is 2.57. The molecule has 2 heterocycles. The summed E-state index contributed by atoms with van der Waals surface area (Å²) in [4.78, 5) is 11.5. The molecule has 1 aromatic carbocycles. The normalized spacial score (nSPS) is 18.2. The van der Waals surface area contributed by atoms with Crippen molar-refractivity contribution in [3.8, 4) is 10.6 Å². The maximum atomic E-state index is 4.73. The van der Waals surface area contributed by atoms with Gasteiger partial charge in [0, 0.05) is 31.1 Å². The highest BCUT2D eigenvalue weighted by atomic mass is 127. The smallest absolute Gasteiger partial charge is 0.193 e. The SMILES string of the molecule is CN=C(NCc1csc(-c2ccccc2)n1)N1CCCC(C)C1.I. The summed E-state index contributed by atoms with van der Waals surface area (Å²) < 4.78 is 0. The Bertz CT molecular complexity index is 656. The second-order valence-electron chi connectivity index (χ2n) is 6.10. The Balaban J connectivity index is 0.00000208. The molecule has 0 amide bonds. The Morgan fingerprint density at radius 2 is 2.17 bits per heavy atom. The first kappa shape index (κ1) is 19.2. The number of hydrogen-bond donors (Lipinski definition) is 1. The average Bonchev–Trinajstić information content (AvgIpc) is 3.05. The van der Waals surface area contributed by atoms with Crippen LogP contribution in [0.5, 0.6) is 0 Å². The van der Waals surface area contributed by atoms with Crippen molar-refractivity contribution in [1.82, 2.24) is 15.2 Å². The van der Waals surface area contributed by atoms with Crippen molar-refractivity contribution in [2.45, 2.75) is 26.3 Å². The highest BCUT2D eigenvalue weighted by Gasteiger charge is 2.19. The van der Waals surface area contributed by atoms with Crippen molar-refractivity contribution in [2.24, 2.45) is 10.9 Å². The van der Waals surface area contributed by atoms with Crippen LogP contribution in [0.3, 0.4) is 0 Å². The molecule has 1 atom stereocenters. The summed E-state index contributed by atoms with van der Waals surface area (Å²) >= 11 is 1.69. The summed E-state index contributed by atoms with van der Waals surface area (Å²) in [5, 5.41) is 6.66. The Hall–Kier alpha value is -1.15. The number of aromatic nitrogens is 1. The summed E-state index contributed by atoms with van der Waals surface area (Å²) in [6.45, 7) is 5.22. The first-order chi connectivity index (χ1) is 11.3. The number of nitrogens with zero attached hydrogens (tertiary/aromatic N) is 3. The van der Waals surface area contributed by atoms with Gasteiger partial charge < -0.3 is 10.2 Å². The summed E-state index contributed by atoms with van der Waals surface area (Å²) in [5.74, 6) is 1.73. The summed E-state index contributed by atoms with van der Waals surface area (Å²) in [5.41, 5.74) is 2.25. The number of halogens is 1. The number of hydrogen-bond acceptors (Lipinski definition) is 3. The van der Waals surface area contributed by atoms with Gasteiger partial charge in [-0.1, -0.05) is 37.3 Å². The van der Waals surface area contributed by atoms with Gasteiger partial charge in [0.15, 0.2) is 5.96 Å². The zero-order valence-corrected chi connectivity index (χ0v) is 17.4. The predicted molar refractivity (Wildman–Crippen MR) is 113 cm³/mol. The number of rotatable bonds is 3. The van der Waals surface area contributed by atoms with Gasteiger partial charge in [0.05, 0.1) is 12.2 Å². The fraction of sp³-hybridized carbons (Fsp3) is 0.444. The van der Waals surface area contributed by atoms with Gasteiger partial charge in [-0.2, -0.15) is 0 Å². The third kappa shape index (κ3) is 4.92. The molecule has 6 heteroatoms. The first-order valence-electron chi connectivity index (χ1n) is 8.21. The highest BCUT2D eigenvalue weighted by molar-refractivity contribution is 14.0. The van der Waals surface area contributed by atoms with Gasteiger partial charge in [-0.05, 0) is 18.8 Å². The molecule has 1 aliphatic rings. The minimum Gasteiger partial charge on any atom is -0.351 e. The van der Waals surface area contributed by atoms with Crippen LogP contribution in [0.1, 0.15) is 25.5 Å². The predicted octanol–water partition coefficient (Wildman–Crippen LogP) is 4.24. The van der Waals surface area contributed by atoms with Crippen LogP contribution < -0.4 is 5.32 Å². The van der Waals surface area contributed by atoms with E-state index >= 15 is 0 Å². The lowest BCUT2D eigenvalue weighted by Gasteiger charge is -2.33. The maximum absolute atomic E-state index is 4.73. The van der Waals surface area contributed by atoms with Crippen molar-refractivity contribution in [2.75, 3.05) is 20.1 Å². The standard InChI is InChI=1S/C18H24N4S.HI/c1-14-7-6-10-22(12-14)18(19-2)20-11-16-13-23-17(21-16)15-8-4-3-5-9-15;/h3-5,8-9,13-14H,6-7,10-12H2,1-2H3,(H,19,20);1H. The highest BCUT2D eigenvalue weighted by Crippen LogP contribution is 2.23. The van der Waals surface area contributed by atoms with Crippen LogP contribution in [0.4, 0.5) is 0 Å². The molecule has 0 bridgehead atoms. The second-order valence-corrected chi connectivity index (χ2v) is 6.96. The van der Waals surface area contributed by atoms with E-state index in [1.54, 1.807) is 11.3 Å². The topological polar surface area (TPSA) is 40.5 Å². The van der Waals surface area contributed by atoms with Crippen LogP contribution in [0, 0.1) is 5.92 Å². The lowest BCUT2D eigenvalue weighted by atomic mass is 10.0. The fourth-order valence-electron chi connectivity index (χ4n) is 2.99. The number of aliphatic imine (C=N–C) groups is 1. The number of piperidine rings is 1. The molecule has 1 unspecified atom stereocenters. The molecule has 0 spiro atoms. The van der Waals surface area contributed by atoms with E-state index < -0.39 is 0 Å². The van der Waals surface area contributed by atoms with E-state index in [0.717, 1.165) is 42.2 Å². The van der Waals surface area contributed by atoms with Gasteiger partial charge in [-0.15, -0.1) is 35.3 Å². The van der Waals surface area contributed by atoms with Gasteiger partial charge in [-0.25, -0.2) is 4.98 Å². The lowest BCUT2D eigenvalue weighted by Crippen LogP contribution is -2.45. The Morgan fingerprint density at radius 1 is 1.38 bits per heavy atom. The molecule has 1 saturated heterocycles. The monoisotopic (exact) mass is 456 g/mol. The molecule has 1 N–H and O–H groups in total. The van der Waals surface area contributed by atoms with E-state index in [9.17, 15) is 0 Å². The van der Waals surface area contributed by atoms with Crippen LogP contribution in [0.15, 0.2) is 40.7 Å². The van der Waals surface area contributed by atoms with Crippen LogP contribution in [0.25, 0.3) is 10.6 Å². The van der Waals surface area contributed by atoms with Gasteiger partial charge in [0.1, 0.15) is 5.01 Å².